The highest BCUT2D eigenvalue weighted by Crippen LogP contribution is 2.17. The molecule has 422 valence electrons. The fourth-order valence-corrected chi connectivity index (χ4v) is 9.00. The molecule has 1 unspecified atom stereocenters. The minimum atomic E-state index is -0.789. The van der Waals surface area contributed by atoms with Gasteiger partial charge < -0.3 is 14.2 Å². The Hall–Kier alpha value is -3.15. The predicted octanol–water partition coefficient (Wildman–Crippen LogP) is 21.3. The van der Waals surface area contributed by atoms with Crippen LogP contribution < -0.4 is 0 Å². The molecule has 0 heterocycles. The van der Waals surface area contributed by atoms with Crippen molar-refractivity contribution in [1.29, 1.82) is 0 Å². The van der Waals surface area contributed by atoms with Gasteiger partial charge in [-0.1, -0.05) is 280 Å². The second kappa shape index (κ2) is 61.4. The minimum absolute atomic E-state index is 0.0832. The fraction of sp³-hybridized carbons (Fsp3) is 0.776. The first-order chi connectivity index (χ1) is 36.0. The van der Waals surface area contributed by atoms with Crippen molar-refractivity contribution in [2.75, 3.05) is 13.2 Å². The lowest BCUT2D eigenvalue weighted by Gasteiger charge is -2.18. The van der Waals surface area contributed by atoms with Crippen molar-refractivity contribution in [3.05, 3.63) is 72.9 Å². The molecule has 0 N–H and O–H groups in total. The van der Waals surface area contributed by atoms with E-state index in [-0.39, 0.29) is 31.1 Å². The molecule has 6 nitrogen and oxygen atoms in total. The lowest BCUT2D eigenvalue weighted by Crippen LogP contribution is -2.30. The van der Waals surface area contributed by atoms with Gasteiger partial charge in [-0.2, -0.15) is 0 Å². The SMILES string of the molecule is CC/C=C\C/C=C\C/C=C\C/C=C\CCCCCCCCC(=O)OC(COC(=O)CCCCCCC/C=C\C/C=C\CCCCCC)COC(=O)CCCCCCCCCCCCCCCCCCCCCC. The Morgan fingerprint density at radius 1 is 0.288 bits per heavy atom. The van der Waals surface area contributed by atoms with E-state index in [4.69, 9.17) is 14.2 Å². The average Bonchev–Trinajstić information content (AvgIpc) is 3.39. The Bertz CT molecular complexity index is 1360. The lowest BCUT2D eigenvalue weighted by atomic mass is 10.0. The molecule has 0 saturated heterocycles. The highest BCUT2D eigenvalue weighted by Gasteiger charge is 2.19. The number of carbonyl (C=O) groups is 3. The van der Waals surface area contributed by atoms with Crippen molar-refractivity contribution in [3.8, 4) is 0 Å². The highest BCUT2D eigenvalue weighted by molar-refractivity contribution is 5.71. The minimum Gasteiger partial charge on any atom is -0.462 e. The first kappa shape index (κ1) is 69.8. The molecule has 0 aliphatic carbocycles. The van der Waals surface area contributed by atoms with Gasteiger partial charge in [-0.3, -0.25) is 14.4 Å². The van der Waals surface area contributed by atoms with Crippen LogP contribution in [0.3, 0.4) is 0 Å². The first-order valence-electron chi connectivity index (χ1n) is 31.4. The third-order valence-corrected chi connectivity index (χ3v) is 13.7. The standard InChI is InChI=1S/C67H118O6/c1-4-7-10-13-16-19-22-25-28-31-33-35-36-39-42-45-48-51-54-57-60-66(69)72-63-64(62-71-65(68)59-56-53-50-47-44-41-38-30-27-24-21-18-15-12-9-6-3)73-67(70)61-58-55-52-49-46-43-40-37-34-32-29-26-23-20-17-14-11-8-5-2/h8,11,17,20-21,24,26,29-30,34,37-38,64H,4-7,9-10,12-16,18-19,22-23,25,27-28,31-33,35-36,39-63H2,1-3H3/b11-8-,20-17-,24-21-,29-26-,37-34-,38-30-. The summed E-state index contributed by atoms with van der Waals surface area (Å²) in [6, 6.07) is 0. The van der Waals surface area contributed by atoms with Crippen LogP contribution in [0, 0.1) is 0 Å². The van der Waals surface area contributed by atoms with E-state index in [2.05, 4.69) is 93.7 Å². The van der Waals surface area contributed by atoms with Crippen molar-refractivity contribution in [3.63, 3.8) is 0 Å². The van der Waals surface area contributed by atoms with Crippen LogP contribution in [0.4, 0.5) is 0 Å². The van der Waals surface area contributed by atoms with Crippen molar-refractivity contribution >= 4 is 17.9 Å². The van der Waals surface area contributed by atoms with E-state index in [0.717, 1.165) is 116 Å². The molecule has 6 heteroatoms. The molecule has 1 atom stereocenters. The summed E-state index contributed by atoms with van der Waals surface area (Å²) in [5, 5.41) is 0. The molecule has 0 fully saturated rings. The van der Waals surface area contributed by atoms with Crippen LogP contribution in [-0.2, 0) is 28.6 Å². The number of rotatable bonds is 57. The zero-order chi connectivity index (χ0) is 52.9. The number of unbranched alkanes of at least 4 members (excludes halogenated alkanes) is 34. The molecule has 0 saturated carbocycles. The zero-order valence-electron chi connectivity index (χ0n) is 48.4. The van der Waals surface area contributed by atoms with Gasteiger partial charge in [0.25, 0.3) is 0 Å². The first-order valence-corrected chi connectivity index (χ1v) is 31.4. The van der Waals surface area contributed by atoms with E-state index in [1.807, 2.05) is 0 Å². The van der Waals surface area contributed by atoms with E-state index < -0.39 is 6.10 Å². The Morgan fingerprint density at radius 3 is 0.849 bits per heavy atom. The van der Waals surface area contributed by atoms with Gasteiger partial charge in [0.05, 0.1) is 0 Å². The van der Waals surface area contributed by atoms with Crippen LogP contribution in [0.15, 0.2) is 72.9 Å². The summed E-state index contributed by atoms with van der Waals surface area (Å²) in [6.07, 6.45) is 79.0. The largest absolute Gasteiger partial charge is 0.462 e. The zero-order valence-corrected chi connectivity index (χ0v) is 48.4. The number of hydrogen-bond donors (Lipinski definition) is 0. The fourth-order valence-electron chi connectivity index (χ4n) is 9.00. The summed E-state index contributed by atoms with van der Waals surface area (Å²) < 4.78 is 16.9. The summed E-state index contributed by atoms with van der Waals surface area (Å²) >= 11 is 0. The molecule has 0 aromatic rings. The number of ether oxygens (including phenoxy) is 3. The summed E-state index contributed by atoms with van der Waals surface area (Å²) in [5.74, 6) is -0.896. The van der Waals surface area contributed by atoms with Crippen molar-refractivity contribution in [1.82, 2.24) is 0 Å². The highest BCUT2D eigenvalue weighted by atomic mass is 16.6. The van der Waals surface area contributed by atoms with Gasteiger partial charge in [0, 0.05) is 19.3 Å². The molecule has 0 rings (SSSR count). The van der Waals surface area contributed by atoms with E-state index >= 15 is 0 Å². The van der Waals surface area contributed by atoms with E-state index in [1.54, 1.807) is 0 Å². The Labute approximate surface area is 453 Å². The monoisotopic (exact) mass is 1020 g/mol. The van der Waals surface area contributed by atoms with Crippen LogP contribution in [0.1, 0.15) is 316 Å². The normalized spacial score (nSPS) is 12.5. The Kier molecular flexibility index (Phi) is 58.7. The molecular formula is C67H118O6. The Morgan fingerprint density at radius 2 is 0.534 bits per heavy atom. The molecule has 0 aliphatic rings. The molecule has 0 aliphatic heterocycles. The third kappa shape index (κ3) is 59.6. The van der Waals surface area contributed by atoms with Gasteiger partial charge in [-0.05, 0) is 89.9 Å². The van der Waals surface area contributed by atoms with Gasteiger partial charge in [0.2, 0.25) is 0 Å². The van der Waals surface area contributed by atoms with Gasteiger partial charge in [0.15, 0.2) is 6.10 Å². The molecule has 0 aromatic heterocycles. The van der Waals surface area contributed by atoms with Crippen molar-refractivity contribution in [2.45, 2.75) is 322 Å². The van der Waals surface area contributed by atoms with E-state index in [9.17, 15) is 14.4 Å². The third-order valence-electron chi connectivity index (χ3n) is 13.7. The van der Waals surface area contributed by atoms with Crippen LogP contribution in [-0.4, -0.2) is 37.2 Å². The van der Waals surface area contributed by atoms with Crippen LogP contribution in [0.5, 0.6) is 0 Å². The molecule has 0 radical (unpaired) electrons. The lowest BCUT2D eigenvalue weighted by molar-refractivity contribution is -0.167. The van der Waals surface area contributed by atoms with Gasteiger partial charge in [-0.15, -0.1) is 0 Å². The number of hydrogen-bond acceptors (Lipinski definition) is 6. The molecular weight excluding hydrogens is 901 g/mol. The second-order valence-corrected chi connectivity index (χ2v) is 20.9. The topological polar surface area (TPSA) is 78.9 Å². The number of esters is 3. The summed E-state index contributed by atoms with van der Waals surface area (Å²) in [7, 11) is 0. The quantitative estimate of drug-likeness (QED) is 0.0261. The van der Waals surface area contributed by atoms with Crippen molar-refractivity contribution in [2.24, 2.45) is 0 Å². The van der Waals surface area contributed by atoms with E-state index in [1.165, 1.54) is 161 Å². The van der Waals surface area contributed by atoms with Gasteiger partial charge in [-0.25, -0.2) is 0 Å². The van der Waals surface area contributed by atoms with E-state index in [0.29, 0.717) is 19.3 Å². The summed E-state index contributed by atoms with van der Waals surface area (Å²) in [6.45, 7) is 6.53. The van der Waals surface area contributed by atoms with Crippen molar-refractivity contribution < 1.29 is 28.6 Å². The molecule has 0 bridgehead atoms. The molecule has 0 aromatic carbocycles. The van der Waals surface area contributed by atoms with Crippen LogP contribution in [0.2, 0.25) is 0 Å². The Balaban J connectivity index is 4.39. The average molecular weight is 1020 g/mol. The molecule has 0 spiro atoms. The molecule has 0 amide bonds. The van der Waals surface area contributed by atoms with Gasteiger partial charge in [0.1, 0.15) is 13.2 Å². The predicted molar refractivity (Wildman–Crippen MR) is 316 cm³/mol. The molecule has 73 heavy (non-hydrogen) atoms. The maximum Gasteiger partial charge on any atom is 0.306 e. The summed E-state index contributed by atoms with van der Waals surface area (Å²) in [5.41, 5.74) is 0. The summed E-state index contributed by atoms with van der Waals surface area (Å²) in [4.78, 5) is 38.3. The number of carbonyl (C=O) groups excluding carboxylic acids is 3. The van der Waals surface area contributed by atoms with Crippen LogP contribution >= 0.6 is 0 Å². The second-order valence-electron chi connectivity index (χ2n) is 20.9. The number of allylic oxidation sites excluding steroid dienone is 12. The van der Waals surface area contributed by atoms with Crippen LogP contribution in [0.25, 0.3) is 0 Å². The smallest absolute Gasteiger partial charge is 0.306 e. The maximum atomic E-state index is 12.9. The maximum absolute atomic E-state index is 12.9. The van der Waals surface area contributed by atoms with Gasteiger partial charge >= 0.3 is 17.9 Å².